The summed E-state index contributed by atoms with van der Waals surface area (Å²) >= 11 is 0. The van der Waals surface area contributed by atoms with Crippen LogP contribution in [0.15, 0.2) is 0 Å². The Morgan fingerprint density at radius 2 is 2.11 bits per heavy atom. The maximum absolute atomic E-state index is 11.8. The summed E-state index contributed by atoms with van der Waals surface area (Å²) in [5.41, 5.74) is -0.830. The highest BCUT2D eigenvalue weighted by atomic mass is 16.4. The molecule has 0 bridgehead atoms. The van der Waals surface area contributed by atoms with Crippen LogP contribution < -0.4 is 5.32 Å². The lowest BCUT2D eigenvalue weighted by atomic mass is 9.90. The zero-order valence-corrected chi connectivity index (χ0v) is 11.5. The highest BCUT2D eigenvalue weighted by Crippen LogP contribution is 2.33. The predicted octanol–water partition coefficient (Wildman–Crippen LogP) is 1.23. The quantitative estimate of drug-likeness (QED) is 0.750. The van der Waals surface area contributed by atoms with Crippen molar-refractivity contribution in [3.05, 3.63) is 0 Å². The largest absolute Gasteiger partial charge is 0.480 e. The van der Waals surface area contributed by atoms with E-state index in [1.807, 2.05) is 25.7 Å². The number of aliphatic carboxylic acids is 1. The van der Waals surface area contributed by atoms with Gasteiger partial charge in [-0.3, -0.25) is 14.5 Å². The Kier molecular flexibility index (Phi) is 5.14. The fraction of sp³-hybridized carbons (Fsp3) is 0.846. The first kappa shape index (κ1) is 15.0. The van der Waals surface area contributed by atoms with Crippen LogP contribution in [0.25, 0.3) is 0 Å². The van der Waals surface area contributed by atoms with E-state index in [9.17, 15) is 14.7 Å². The second kappa shape index (κ2) is 6.18. The lowest BCUT2D eigenvalue weighted by Gasteiger charge is -2.34. The van der Waals surface area contributed by atoms with Crippen molar-refractivity contribution in [1.29, 1.82) is 0 Å². The molecule has 104 valence electrons. The number of hydrogen-bond donors (Lipinski definition) is 2. The lowest BCUT2D eigenvalue weighted by Crippen LogP contribution is -2.53. The fourth-order valence-corrected chi connectivity index (χ4v) is 2.75. The Morgan fingerprint density at radius 3 is 2.61 bits per heavy atom. The van der Waals surface area contributed by atoms with Crippen molar-refractivity contribution in [3.63, 3.8) is 0 Å². The SMILES string of the molecule is CCCC1(C(=O)O)CCCN1CC(=O)NC(C)C. The normalized spacial score (nSPS) is 24.4. The number of rotatable bonds is 6. The van der Waals surface area contributed by atoms with Crippen LogP contribution in [0.2, 0.25) is 0 Å². The molecule has 0 aromatic rings. The molecule has 18 heavy (non-hydrogen) atoms. The molecule has 1 fully saturated rings. The molecule has 1 heterocycles. The first-order valence-electron chi connectivity index (χ1n) is 6.70. The molecule has 0 spiro atoms. The van der Waals surface area contributed by atoms with Gasteiger partial charge in [-0.15, -0.1) is 0 Å². The Morgan fingerprint density at radius 1 is 1.44 bits per heavy atom. The third-order valence-corrected chi connectivity index (χ3v) is 3.47. The molecule has 0 aromatic carbocycles. The van der Waals surface area contributed by atoms with E-state index in [-0.39, 0.29) is 18.5 Å². The van der Waals surface area contributed by atoms with Crippen LogP contribution in [0.3, 0.4) is 0 Å². The number of carbonyl (C=O) groups excluding carboxylic acids is 1. The van der Waals surface area contributed by atoms with Gasteiger partial charge in [-0.25, -0.2) is 0 Å². The summed E-state index contributed by atoms with van der Waals surface area (Å²) in [6, 6.07) is 0.0884. The highest BCUT2D eigenvalue weighted by Gasteiger charge is 2.47. The van der Waals surface area contributed by atoms with Crippen molar-refractivity contribution in [2.75, 3.05) is 13.1 Å². The van der Waals surface area contributed by atoms with Crippen LogP contribution >= 0.6 is 0 Å². The second-order valence-electron chi connectivity index (χ2n) is 5.33. The number of nitrogens with one attached hydrogen (secondary N) is 1. The molecule has 1 atom stereocenters. The number of carboxylic acid groups (broad SMARTS) is 1. The van der Waals surface area contributed by atoms with Crippen molar-refractivity contribution < 1.29 is 14.7 Å². The van der Waals surface area contributed by atoms with E-state index in [1.54, 1.807) is 0 Å². The fourth-order valence-electron chi connectivity index (χ4n) is 2.75. The maximum Gasteiger partial charge on any atom is 0.324 e. The van der Waals surface area contributed by atoms with Crippen LogP contribution in [0.1, 0.15) is 46.5 Å². The third-order valence-electron chi connectivity index (χ3n) is 3.47. The lowest BCUT2D eigenvalue weighted by molar-refractivity contribution is -0.151. The van der Waals surface area contributed by atoms with Crippen molar-refractivity contribution in [1.82, 2.24) is 10.2 Å². The first-order valence-corrected chi connectivity index (χ1v) is 6.70. The van der Waals surface area contributed by atoms with E-state index in [2.05, 4.69) is 5.32 Å². The van der Waals surface area contributed by atoms with E-state index in [0.29, 0.717) is 19.4 Å². The van der Waals surface area contributed by atoms with Crippen LogP contribution in [0.5, 0.6) is 0 Å². The van der Waals surface area contributed by atoms with Gasteiger partial charge in [0.05, 0.1) is 6.54 Å². The molecule has 1 aliphatic heterocycles. The van der Waals surface area contributed by atoms with E-state index in [4.69, 9.17) is 0 Å². The third kappa shape index (κ3) is 3.22. The second-order valence-corrected chi connectivity index (χ2v) is 5.33. The average molecular weight is 256 g/mol. The van der Waals surface area contributed by atoms with E-state index >= 15 is 0 Å². The Hall–Kier alpha value is -1.10. The number of carboxylic acids is 1. The van der Waals surface area contributed by atoms with Gasteiger partial charge in [-0.2, -0.15) is 0 Å². The molecule has 5 heteroatoms. The summed E-state index contributed by atoms with van der Waals surface area (Å²) in [6.45, 7) is 6.66. The maximum atomic E-state index is 11.8. The molecule has 2 N–H and O–H groups in total. The van der Waals surface area contributed by atoms with E-state index in [0.717, 1.165) is 12.8 Å². The summed E-state index contributed by atoms with van der Waals surface area (Å²) in [5.74, 6) is -0.882. The van der Waals surface area contributed by atoms with E-state index in [1.165, 1.54) is 0 Å². The van der Waals surface area contributed by atoms with Gasteiger partial charge in [0, 0.05) is 6.04 Å². The summed E-state index contributed by atoms with van der Waals surface area (Å²) in [7, 11) is 0. The number of amides is 1. The van der Waals surface area contributed by atoms with Crippen molar-refractivity contribution >= 4 is 11.9 Å². The molecule has 1 aliphatic rings. The van der Waals surface area contributed by atoms with Gasteiger partial charge >= 0.3 is 5.97 Å². The molecular formula is C13H24N2O3. The summed E-state index contributed by atoms with van der Waals surface area (Å²) < 4.78 is 0. The Balaban J connectivity index is 2.73. The van der Waals surface area contributed by atoms with Crippen LogP contribution in [-0.2, 0) is 9.59 Å². The summed E-state index contributed by atoms with van der Waals surface area (Å²) in [4.78, 5) is 25.2. The van der Waals surface area contributed by atoms with Crippen LogP contribution in [0, 0.1) is 0 Å². The van der Waals surface area contributed by atoms with Gasteiger partial charge in [0.1, 0.15) is 5.54 Å². The van der Waals surface area contributed by atoms with Gasteiger partial charge in [-0.1, -0.05) is 13.3 Å². The standard InChI is InChI=1S/C13H24N2O3/c1-4-6-13(12(17)18)7-5-8-15(13)9-11(16)14-10(2)3/h10H,4-9H2,1-3H3,(H,14,16)(H,17,18). The van der Waals surface area contributed by atoms with Crippen molar-refractivity contribution in [3.8, 4) is 0 Å². The highest BCUT2D eigenvalue weighted by molar-refractivity contribution is 5.82. The van der Waals surface area contributed by atoms with Gasteiger partial charge in [-0.05, 0) is 39.7 Å². The van der Waals surface area contributed by atoms with Crippen molar-refractivity contribution in [2.45, 2.75) is 58.0 Å². The molecule has 0 radical (unpaired) electrons. The molecule has 1 amide bonds. The van der Waals surface area contributed by atoms with E-state index < -0.39 is 11.5 Å². The Labute approximate surface area is 109 Å². The average Bonchev–Trinajstić information content (AvgIpc) is 2.62. The zero-order valence-electron chi connectivity index (χ0n) is 11.5. The number of nitrogens with zero attached hydrogens (tertiary/aromatic N) is 1. The summed E-state index contributed by atoms with van der Waals surface area (Å²) in [5, 5.41) is 12.3. The smallest absolute Gasteiger partial charge is 0.324 e. The zero-order chi connectivity index (χ0) is 13.8. The molecule has 5 nitrogen and oxygen atoms in total. The molecular weight excluding hydrogens is 232 g/mol. The minimum atomic E-state index is -0.830. The molecule has 1 rings (SSSR count). The Bertz CT molecular complexity index is 317. The minimum Gasteiger partial charge on any atom is -0.480 e. The molecule has 0 aliphatic carbocycles. The van der Waals surface area contributed by atoms with Crippen LogP contribution in [-0.4, -0.2) is 46.6 Å². The number of hydrogen-bond acceptors (Lipinski definition) is 3. The van der Waals surface area contributed by atoms with Gasteiger partial charge < -0.3 is 10.4 Å². The molecule has 1 unspecified atom stereocenters. The monoisotopic (exact) mass is 256 g/mol. The molecule has 0 saturated carbocycles. The van der Waals surface area contributed by atoms with Gasteiger partial charge in [0.15, 0.2) is 0 Å². The molecule has 1 saturated heterocycles. The molecule has 0 aromatic heterocycles. The van der Waals surface area contributed by atoms with Crippen LogP contribution in [0.4, 0.5) is 0 Å². The van der Waals surface area contributed by atoms with Gasteiger partial charge in [0.2, 0.25) is 5.91 Å². The number of carbonyl (C=O) groups is 2. The number of likely N-dealkylation sites (tertiary alicyclic amines) is 1. The first-order chi connectivity index (χ1) is 8.42. The van der Waals surface area contributed by atoms with Crippen molar-refractivity contribution in [2.24, 2.45) is 0 Å². The summed E-state index contributed by atoms with van der Waals surface area (Å²) in [6.07, 6.45) is 2.91. The minimum absolute atomic E-state index is 0.0884. The topological polar surface area (TPSA) is 69.6 Å². The predicted molar refractivity (Wildman–Crippen MR) is 69.4 cm³/mol. The van der Waals surface area contributed by atoms with Gasteiger partial charge in [0.25, 0.3) is 0 Å².